The number of carbonyl (C=O) groups is 1. The number of hydrogen-bond acceptors (Lipinski definition) is 3. The van der Waals surface area contributed by atoms with E-state index in [2.05, 4.69) is 4.99 Å². The van der Waals surface area contributed by atoms with Crippen molar-refractivity contribution in [2.75, 3.05) is 13.7 Å². The van der Waals surface area contributed by atoms with Gasteiger partial charge in [0.1, 0.15) is 0 Å². The quantitative estimate of drug-likeness (QED) is 0.868. The summed E-state index contributed by atoms with van der Waals surface area (Å²) in [6.45, 7) is 5.38. The Balaban J connectivity index is 2.39. The van der Waals surface area contributed by atoms with E-state index in [-0.39, 0.29) is 5.91 Å². The van der Waals surface area contributed by atoms with Gasteiger partial charge in [-0.1, -0.05) is 18.2 Å². The number of hydrogen-bond donors (Lipinski definition) is 0. The fraction of sp³-hybridized carbons (Fsp3) is 0.333. The van der Waals surface area contributed by atoms with Crippen LogP contribution in [-0.2, 0) is 11.3 Å². The standard InChI is InChI=1S/C15H18N2O2S/c1-11-12(2)20-15(17(11)9-10-19-3)16-14(18)13-7-5-4-6-8-13/h4-8H,9-10H2,1-3H3. The number of ether oxygens (including phenoxy) is 1. The van der Waals surface area contributed by atoms with Gasteiger partial charge in [-0.3, -0.25) is 4.79 Å². The fourth-order valence-electron chi connectivity index (χ4n) is 1.86. The maximum absolute atomic E-state index is 12.2. The molecule has 0 atom stereocenters. The van der Waals surface area contributed by atoms with Crippen LogP contribution in [0.2, 0.25) is 0 Å². The maximum Gasteiger partial charge on any atom is 0.279 e. The third kappa shape index (κ3) is 3.23. The summed E-state index contributed by atoms with van der Waals surface area (Å²) in [5.74, 6) is -0.210. The minimum absolute atomic E-state index is 0.210. The SMILES string of the molecule is COCCn1c(C)c(C)sc1=NC(=O)c1ccccc1. The van der Waals surface area contributed by atoms with E-state index in [0.29, 0.717) is 18.7 Å². The molecular formula is C15H18N2O2S. The van der Waals surface area contributed by atoms with Crippen LogP contribution in [0, 0.1) is 13.8 Å². The summed E-state index contributed by atoms with van der Waals surface area (Å²) in [6, 6.07) is 9.12. The first-order valence-electron chi connectivity index (χ1n) is 6.43. The Labute approximate surface area is 122 Å². The van der Waals surface area contributed by atoms with Gasteiger partial charge in [0, 0.05) is 29.8 Å². The van der Waals surface area contributed by atoms with Gasteiger partial charge >= 0.3 is 0 Å². The van der Waals surface area contributed by atoms with Gasteiger partial charge in [-0.15, -0.1) is 11.3 Å². The number of methoxy groups -OCH3 is 1. The summed E-state index contributed by atoms with van der Waals surface area (Å²) >= 11 is 1.53. The van der Waals surface area contributed by atoms with Gasteiger partial charge in [-0.25, -0.2) is 0 Å². The first-order chi connectivity index (χ1) is 9.63. The van der Waals surface area contributed by atoms with E-state index in [1.807, 2.05) is 36.6 Å². The Morgan fingerprint density at radius 2 is 2.00 bits per heavy atom. The van der Waals surface area contributed by atoms with E-state index < -0.39 is 0 Å². The van der Waals surface area contributed by atoms with Crippen LogP contribution >= 0.6 is 11.3 Å². The van der Waals surface area contributed by atoms with Crippen molar-refractivity contribution in [3.05, 3.63) is 51.3 Å². The normalized spacial score (nSPS) is 11.8. The van der Waals surface area contributed by atoms with Crippen LogP contribution in [0.15, 0.2) is 35.3 Å². The van der Waals surface area contributed by atoms with Crippen LogP contribution in [0.25, 0.3) is 0 Å². The molecule has 0 bridgehead atoms. The molecular weight excluding hydrogens is 272 g/mol. The van der Waals surface area contributed by atoms with E-state index in [4.69, 9.17) is 4.74 Å². The number of rotatable bonds is 4. The molecule has 0 radical (unpaired) electrons. The van der Waals surface area contributed by atoms with Gasteiger partial charge < -0.3 is 9.30 Å². The molecule has 1 amide bonds. The van der Waals surface area contributed by atoms with Crippen LogP contribution in [0.4, 0.5) is 0 Å². The fourth-order valence-corrected chi connectivity index (χ4v) is 2.86. The molecule has 0 fully saturated rings. The highest BCUT2D eigenvalue weighted by molar-refractivity contribution is 7.09. The summed E-state index contributed by atoms with van der Waals surface area (Å²) in [6.07, 6.45) is 0. The Morgan fingerprint density at radius 1 is 1.30 bits per heavy atom. The minimum Gasteiger partial charge on any atom is -0.383 e. The van der Waals surface area contributed by atoms with Crippen LogP contribution in [-0.4, -0.2) is 24.2 Å². The second-order valence-corrected chi connectivity index (χ2v) is 5.64. The van der Waals surface area contributed by atoms with Crippen molar-refractivity contribution in [2.24, 2.45) is 4.99 Å². The summed E-state index contributed by atoms with van der Waals surface area (Å²) in [7, 11) is 1.67. The zero-order valence-corrected chi connectivity index (χ0v) is 12.7. The van der Waals surface area contributed by atoms with Crippen LogP contribution in [0.5, 0.6) is 0 Å². The topological polar surface area (TPSA) is 43.6 Å². The highest BCUT2D eigenvalue weighted by Gasteiger charge is 2.08. The lowest BCUT2D eigenvalue weighted by Gasteiger charge is -2.05. The third-order valence-corrected chi connectivity index (χ3v) is 4.22. The molecule has 2 aromatic rings. The first-order valence-corrected chi connectivity index (χ1v) is 7.25. The minimum atomic E-state index is -0.210. The predicted octanol–water partition coefficient (Wildman–Crippen LogP) is 2.55. The van der Waals surface area contributed by atoms with Crippen molar-refractivity contribution in [3.8, 4) is 0 Å². The maximum atomic E-state index is 12.2. The van der Waals surface area contributed by atoms with Gasteiger partial charge in [0.25, 0.3) is 5.91 Å². The number of carbonyl (C=O) groups excluding carboxylic acids is 1. The van der Waals surface area contributed by atoms with Crippen molar-refractivity contribution in [3.63, 3.8) is 0 Å². The molecule has 20 heavy (non-hydrogen) atoms. The molecule has 5 heteroatoms. The zero-order valence-electron chi connectivity index (χ0n) is 11.9. The van der Waals surface area contributed by atoms with E-state index in [9.17, 15) is 4.79 Å². The highest BCUT2D eigenvalue weighted by atomic mass is 32.1. The van der Waals surface area contributed by atoms with Crippen LogP contribution < -0.4 is 4.80 Å². The lowest BCUT2D eigenvalue weighted by molar-refractivity contribution is 0.0997. The number of aryl methyl sites for hydroxylation is 1. The smallest absolute Gasteiger partial charge is 0.279 e. The predicted molar refractivity (Wildman–Crippen MR) is 80.0 cm³/mol. The molecule has 1 aromatic carbocycles. The highest BCUT2D eigenvalue weighted by Crippen LogP contribution is 2.10. The van der Waals surface area contributed by atoms with Crippen molar-refractivity contribution in [1.82, 2.24) is 4.57 Å². The molecule has 106 valence electrons. The molecule has 0 saturated heterocycles. The van der Waals surface area contributed by atoms with E-state index in [0.717, 1.165) is 10.5 Å². The van der Waals surface area contributed by atoms with Gasteiger partial charge in [-0.05, 0) is 26.0 Å². The van der Waals surface area contributed by atoms with E-state index in [1.54, 1.807) is 19.2 Å². The largest absolute Gasteiger partial charge is 0.383 e. The summed E-state index contributed by atoms with van der Waals surface area (Å²) < 4.78 is 7.14. The van der Waals surface area contributed by atoms with Gasteiger partial charge in [0.15, 0.2) is 4.80 Å². The third-order valence-electron chi connectivity index (χ3n) is 3.13. The molecule has 1 aromatic heterocycles. The van der Waals surface area contributed by atoms with Gasteiger partial charge in [0.2, 0.25) is 0 Å². The van der Waals surface area contributed by atoms with Crippen molar-refractivity contribution in [1.29, 1.82) is 0 Å². The molecule has 0 spiro atoms. The number of thiazole rings is 1. The van der Waals surface area contributed by atoms with Crippen LogP contribution in [0.3, 0.4) is 0 Å². The van der Waals surface area contributed by atoms with Gasteiger partial charge in [0.05, 0.1) is 6.61 Å². The molecule has 0 N–H and O–H groups in total. The monoisotopic (exact) mass is 290 g/mol. The lowest BCUT2D eigenvalue weighted by atomic mass is 10.2. The molecule has 0 aliphatic carbocycles. The van der Waals surface area contributed by atoms with E-state index >= 15 is 0 Å². The molecule has 0 unspecified atom stereocenters. The number of benzene rings is 1. The Bertz CT molecular complexity index is 656. The molecule has 0 saturated carbocycles. The second-order valence-electron chi connectivity index (χ2n) is 4.45. The average molecular weight is 290 g/mol. The van der Waals surface area contributed by atoms with Crippen molar-refractivity contribution >= 4 is 17.2 Å². The summed E-state index contributed by atoms with van der Waals surface area (Å²) in [5, 5.41) is 0. The summed E-state index contributed by atoms with van der Waals surface area (Å²) in [4.78, 5) is 18.3. The van der Waals surface area contributed by atoms with Crippen molar-refractivity contribution < 1.29 is 9.53 Å². The number of aromatic nitrogens is 1. The Kier molecular flexibility index (Phi) is 4.87. The zero-order chi connectivity index (χ0) is 14.5. The number of amides is 1. The van der Waals surface area contributed by atoms with Gasteiger partial charge in [-0.2, -0.15) is 4.99 Å². The average Bonchev–Trinajstić information content (AvgIpc) is 2.72. The molecule has 0 aliphatic rings. The molecule has 0 aliphatic heterocycles. The number of nitrogens with zero attached hydrogens (tertiary/aromatic N) is 2. The summed E-state index contributed by atoms with van der Waals surface area (Å²) in [5.41, 5.74) is 1.74. The molecule has 1 heterocycles. The van der Waals surface area contributed by atoms with E-state index in [1.165, 1.54) is 16.2 Å². The lowest BCUT2D eigenvalue weighted by Crippen LogP contribution is -2.20. The second kappa shape index (κ2) is 6.63. The Hall–Kier alpha value is -1.72. The first kappa shape index (κ1) is 14.7. The molecule has 4 nitrogen and oxygen atoms in total. The van der Waals surface area contributed by atoms with Crippen LogP contribution in [0.1, 0.15) is 20.9 Å². The van der Waals surface area contributed by atoms with Crippen molar-refractivity contribution in [2.45, 2.75) is 20.4 Å². The Morgan fingerprint density at radius 3 is 2.65 bits per heavy atom. The molecule has 2 rings (SSSR count).